The number of nitrogens with zero attached hydrogens (tertiary/aromatic N) is 3. The fourth-order valence-electron chi connectivity index (χ4n) is 2.69. The first-order valence-corrected chi connectivity index (χ1v) is 7.95. The van der Waals surface area contributed by atoms with Crippen LogP contribution < -0.4 is 5.32 Å². The molecule has 4 aromatic rings. The number of aromatic nitrogens is 3. The first-order valence-electron chi connectivity index (χ1n) is 7.95. The molecule has 136 valence electrons. The molecule has 0 aliphatic rings. The second kappa shape index (κ2) is 6.39. The summed E-state index contributed by atoms with van der Waals surface area (Å²) >= 11 is 0. The lowest BCUT2D eigenvalue weighted by atomic mass is 10.2. The first kappa shape index (κ1) is 17.0. The van der Waals surface area contributed by atoms with Crippen molar-refractivity contribution in [1.29, 1.82) is 0 Å². The minimum Gasteiger partial charge on any atom is -0.339 e. The Balaban J connectivity index is 1.89. The van der Waals surface area contributed by atoms with E-state index in [1.165, 1.54) is 34.9 Å². The predicted octanol–water partition coefficient (Wildman–Crippen LogP) is 5.30. The van der Waals surface area contributed by atoms with E-state index in [9.17, 15) is 17.6 Å². The number of hydrogen-bond acceptors (Lipinski definition) is 3. The molecule has 0 bridgehead atoms. The monoisotopic (exact) mass is 372 g/mol. The molecule has 0 aliphatic heterocycles. The van der Waals surface area contributed by atoms with Crippen molar-refractivity contribution in [2.45, 2.75) is 6.18 Å². The molecule has 4 nitrogen and oxygen atoms in total. The van der Waals surface area contributed by atoms with Gasteiger partial charge in [0, 0.05) is 18.1 Å². The molecule has 0 amide bonds. The van der Waals surface area contributed by atoms with Crippen molar-refractivity contribution in [2.24, 2.45) is 0 Å². The van der Waals surface area contributed by atoms with Crippen LogP contribution in [0.15, 0.2) is 67.0 Å². The largest absolute Gasteiger partial charge is 0.416 e. The van der Waals surface area contributed by atoms with Crippen molar-refractivity contribution in [3.8, 4) is 11.4 Å². The van der Waals surface area contributed by atoms with Gasteiger partial charge < -0.3 is 5.32 Å². The minimum atomic E-state index is -4.47. The maximum atomic E-state index is 13.2. The third-order valence-corrected chi connectivity index (χ3v) is 3.97. The highest BCUT2D eigenvalue weighted by Crippen LogP contribution is 2.34. The molecular formula is C19H12F4N4. The van der Waals surface area contributed by atoms with Crippen molar-refractivity contribution in [3.05, 3.63) is 78.4 Å². The van der Waals surface area contributed by atoms with Gasteiger partial charge in [0.1, 0.15) is 23.0 Å². The van der Waals surface area contributed by atoms with Gasteiger partial charge in [-0.15, -0.1) is 0 Å². The van der Waals surface area contributed by atoms with Crippen molar-refractivity contribution in [2.75, 3.05) is 5.32 Å². The van der Waals surface area contributed by atoms with Crippen molar-refractivity contribution < 1.29 is 17.6 Å². The second-order valence-corrected chi connectivity index (χ2v) is 5.80. The van der Waals surface area contributed by atoms with Crippen LogP contribution in [0.5, 0.6) is 0 Å². The number of halogens is 4. The number of fused-ring (bicyclic) bond motifs is 1. The van der Waals surface area contributed by atoms with Crippen molar-refractivity contribution >= 4 is 17.2 Å². The van der Waals surface area contributed by atoms with Crippen LogP contribution in [0.1, 0.15) is 5.56 Å². The van der Waals surface area contributed by atoms with E-state index in [1.807, 2.05) is 0 Å². The van der Waals surface area contributed by atoms with Gasteiger partial charge in [0.2, 0.25) is 0 Å². The Kier molecular flexibility index (Phi) is 4.02. The molecule has 1 aromatic carbocycles. The Morgan fingerprint density at radius 1 is 0.963 bits per heavy atom. The fraction of sp³-hybridized carbons (Fsp3) is 0.0526. The molecule has 0 unspecified atom stereocenters. The molecule has 0 aliphatic carbocycles. The summed E-state index contributed by atoms with van der Waals surface area (Å²) in [5, 5.41) is 3.09. The predicted molar refractivity (Wildman–Crippen MR) is 93.1 cm³/mol. The highest BCUT2D eigenvalue weighted by atomic mass is 19.4. The fourth-order valence-corrected chi connectivity index (χ4v) is 2.69. The van der Waals surface area contributed by atoms with Crippen molar-refractivity contribution in [1.82, 2.24) is 14.4 Å². The molecule has 0 atom stereocenters. The summed E-state index contributed by atoms with van der Waals surface area (Å²) in [6, 6.07) is 12.8. The molecule has 0 fully saturated rings. The Morgan fingerprint density at radius 2 is 1.74 bits per heavy atom. The molecule has 0 spiro atoms. The number of rotatable bonds is 3. The quantitative estimate of drug-likeness (QED) is 0.497. The molecule has 8 heteroatoms. The Morgan fingerprint density at radius 3 is 2.41 bits per heavy atom. The van der Waals surface area contributed by atoms with Crippen LogP contribution in [-0.4, -0.2) is 14.4 Å². The van der Waals surface area contributed by atoms with Gasteiger partial charge in [-0.1, -0.05) is 6.07 Å². The first-order chi connectivity index (χ1) is 12.9. The molecule has 27 heavy (non-hydrogen) atoms. The summed E-state index contributed by atoms with van der Waals surface area (Å²) in [5.74, 6) is 0.0440. The molecule has 3 aromatic heterocycles. The van der Waals surface area contributed by atoms with Gasteiger partial charge in [-0.2, -0.15) is 13.2 Å². The molecule has 0 radical (unpaired) electrons. The highest BCUT2D eigenvalue weighted by molar-refractivity contribution is 5.78. The lowest BCUT2D eigenvalue weighted by Crippen LogP contribution is -2.05. The van der Waals surface area contributed by atoms with Crippen LogP contribution in [0, 0.1) is 5.82 Å². The molecular weight excluding hydrogens is 360 g/mol. The van der Waals surface area contributed by atoms with E-state index in [2.05, 4.69) is 15.3 Å². The van der Waals surface area contributed by atoms with Crippen LogP contribution in [0.4, 0.5) is 29.1 Å². The van der Waals surface area contributed by atoms with Crippen LogP contribution in [0.3, 0.4) is 0 Å². The summed E-state index contributed by atoms with van der Waals surface area (Å²) in [6.45, 7) is 0. The second-order valence-electron chi connectivity index (χ2n) is 5.80. The Hall–Kier alpha value is -3.42. The summed E-state index contributed by atoms with van der Waals surface area (Å²) < 4.78 is 53.8. The minimum absolute atomic E-state index is 0.120. The molecule has 3 heterocycles. The molecule has 1 N–H and O–H groups in total. The zero-order valence-corrected chi connectivity index (χ0v) is 13.7. The highest BCUT2D eigenvalue weighted by Gasteiger charge is 2.31. The Bertz CT molecular complexity index is 1090. The number of hydrogen-bond donors (Lipinski definition) is 1. The average molecular weight is 372 g/mol. The number of alkyl halides is 3. The van der Waals surface area contributed by atoms with Gasteiger partial charge in [0.05, 0.1) is 11.3 Å². The zero-order valence-electron chi connectivity index (χ0n) is 13.7. The SMILES string of the molecule is Fc1ccc(Nc2c(-c3ccccn3)nc3cc(C(F)(F)F)ccn23)cc1. The van der Waals surface area contributed by atoms with E-state index < -0.39 is 17.6 Å². The lowest BCUT2D eigenvalue weighted by molar-refractivity contribution is -0.137. The Labute approximate surface area is 151 Å². The van der Waals surface area contributed by atoms with Crippen LogP contribution in [-0.2, 0) is 6.18 Å². The summed E-state index contributed by atoms with van der Waals surface area (Å²) in [6.07, 6.45) is -1.60. The van der Waals surface area contributed by atoms with E-state index >= 15 is 0 Å². The van der Waals surface area contributed by atoms with Gasteiger partial charge >= 0.3 is 6.18 Å². The van der Waals surface area contributed by atoms with Crippen LogP contribution >= 0.6 is 0 Å². The third kappa shape index (κ3) is 3.33. The molecule has 0 saturated heterocycles. The number of imidazole rings is 1. The van der Waals surface area contributed by atoms with Crippen LogP contribution in [0.25, 0.3) is 17.0 Å². The van der Waals surface area contributed by atoms with Gasteiger partial charge in [0.25, 0.3) is 0 Å². The third-order valence-electron chi connectivity index (χ3n) is 3.97. The number of nitrogens with one attached hydrogen (secondary N) is 1. The smallest absolute Gasteiger partial charge is 0.339 e. The number of benzene rings is 1. The van der Waals surface area contributed by atoms with Gasteiger partial charge in [-0.25, -0.2) is 9.37 Å². The number of pyridine rings is 2. The van der Waals surface area contributed by atoms with Gasteiger partial charge in [0.15, 0.2) is 0 Å². The normalized spacial score (nSPS) is 11.7. The van der Waals surface area contributed by atoms with Crippen molar-refractivity contribution in [3.63, 3.8) is 0 Å². The maximum absolute atomic E-state index is 13.2. The number of anilines is 2. The van der Waals surface area contributed by atoms with E-state index in [-0.39, 0.29) is 5.65 Å². The maximum Gasteiger partial charge on any atom is 0.416 e. The summed E-state index contributed by atoms with van der Waals surface area (Å²) in [7, 11) is 0. The van der Waals surface area contributed by atoms with Gasteiger partial charge in [-0.3, -0.25) is 9.38 Å². The summed E-state index contributed by atoms with van der Waals surface area (Å²) in [4.78, 5) is 8.57. The topological polar surface area (TPSA) is 42.2 Å². The van der Waals surface area contributed by atoms with Crippen LogP contribution in [0.2, 0.25) is 0 Å². The average Bonchev–Trinajstić information content (AvgIpc) is 3.01. The lowest BCUT2D eigenvalue weighted by Gasteiger charge is -2.10. The van der Waals surface area contributed by atoms with E-state index in [1.54, 1.807) is 24.4 Å². The van der Waals surface area contributed by atoms with Gasteiger partial charge in [-0.05, 0) is 48.5 Å². The molecule has 0 saturated carbocycles. The van der Waals surface area contributed by atoms with E-state index in [4.69, 9.17) is 0 Å². The zero-order chi connectivity index (χ0) is 19.0. The molecule has 4 rings (SSSR count). The standard InChI is InChI=1S/C19H12F4N4/c20-13-4-6-14(7-5-13)25-18-17(15-3-1-2-9-24-15)26-16-11-12(19(21,22)23)8-10-27(16)18/h1-11,25H. The van der Waals surface area contributed by atoms with E-state index in [0.29, 0.717) is 22.9 Å². The summed E-state index contributed by atoms with van der Waals surface area (Å²) in [5.41, 5.74) is 0.782. The van der Waals surface area contributed by atoms with E-state index in [0.717, 1.165) is 12.1 Å².